The van der Waals surface area contributed by atoms with Gasteiger partial charge in [-0.15, -0.1) is 11.8 Å². The van der Waals surface area contributed by atoms with Crippen molar-refractivity contribution in [3.63, 3.8) is 0 Å². The molecule has 0 aliphatic heterocycles. The summed E-state index contributed by atoms with van der Waals surface area (Å²) in [7, 11) is 1.97. The molecule has 6 heteroatoms. The van der Waals surface area contributed by atoms with Gasteiger partial charge in [-0.1, -0.05) is 18.2 Å². The molecule has 0 radical (unpaired) electrons. The van der Waals surface area contributed by atoms with Crippen molar-refractivity contribution in [3.05, 3.63) is 78.0 Å². The Labute approximate surface area is 163 Å². The van der Waals surface area contributed by atoms with Gasteiger partial charge in [-0.05, 0) is 48.6 Å². The Morgan fingerprint density at radius 2 is 2.00 bits per heavy atom. The Balaban J connectivity index is 1.39. The smallest absolute Gasteiger partial charge is 0.251 e. The molecule has 0 unspecified atom stereocenters. The van der Waals surface area contributed by atoms with E-state index in [1.807, 2.05) is 60.3 Å². The minimum Gasteiger partial charge on any atom is -0.342 e. The Kier molecular flexibility index (Phi) is 5.25. The summed E-state index contributed by atoms with van der Waals surface area (Å²) in [5.74, 6) is 2.20. The second kappa shape index (κ2) is 7.96. The Bertz CT molecular complexity index is 903. The number of nitrogens with zero attached hydrogens (tertiary/aromatic N) is 3. The van der Waals surface area contributed by atoms with E-state index < -0.39 is 0 Å². The number of amides is 1. The molecule has 1 fully saturated rings. The molecule has 0 spiro atoms. The highest BCUT2D eigenvalue weighted by atomic mass is 32.2. The molecular weight excluding hydrogens is 356 g/mol. The average molecular weight is 379 g/mol. The molecule has 2 heterocycles. The highest BCUT2D eigenvalue weighted by Gasteiger charge is 2.35. The third-order valence-electron chi connectivity index (χ3n) is 4.76. The minimum absolute atomic E-state index is 0.0168. The Hall–Kier alpha value is -2.60. The van der Waals surface area contributed by atoms with Crippen LogP contribution >= 0.6 is 11.8 Å². The fraction of sp³-hybridized carbons (Fsp3) is 0.286. The molecule has 1 aromatic carbocycles. The van der Waals surface area contributed by atoms with Crippen molar-refractivity contribution in [2.45, 2.75) is 29.7 Å². The van der Waals surface area contributed by atoms with Gasteiger partial charge >= 0.3 is 0 Å². The van der Waals surface area contributed by atoms with Crippen LogP contribution in [0.4, 0.5) is 0 Å². The van der Waals surface area contributed by atoms with E-state index in [1.54, 1.807) is 24.2 Å². The van der Waals surface area contributed by atoms with Gasteiger partial charge in [0.25, 0.3) is 5.91 Å². The first kappa shape index (κ1) is 17.8. The number of thioether (sulfide) groups is 1. The van der Waals surface area contributed by atoms with E-state index in [1.165, 1.54) is 5.56 Å². The molecule has 1 atom stereocenters. The molecule has 0 saturated heterocycles. The molecule has 1 aliphatic rings. The molecule has 5 nitrogen and oxygen atoms in total. The number of aryl methyl sites for hydroxylation is 1. The molecule has 1 amide bonds. The number of hydrogen-bond acceptors (Lipinski definition) is 4. The number of imidazole rings is 1. The molecule has 3 aromatic rings. The monoisotopic (exact) mass is 378 g/mol. The van der Waals surface area contributed by atoms with E-state index in [-0.39, 0.29) is 11.9 Å². The van der Waals surface area contributed by atoms with E-state index in [4.69, 9.17) is 0 Å². The summed E-state index contributed by atoms with van der Waals surface area (Å²) in [5.41, 5.74) is 1.85. The normalized spacial score (nSPS) is 14.7. The van der Waals surface area contributed by atoms with Crippen molar-refractivity contribution in [2.24, 2.45) is 13.0 Å². The summed E-state index contributed by atoms with van der Waals surface area (Å²) in [4.78, 5) is 21.5. The minimum atomic E-state index is -0.0428. The lowest BCUT2D eigenvalue weighted by Crippen LogP contribution is -2.31. The maximum Gasteiger partial charge on any atom is 0.251 e. The van der Waals surface area contributed by atoms with Gasteiger partial charge in [0.15, 0.2) is 0 Å². The average Bonchev–Trinajstić information content (AvgIpc) is 3.46. The zero-order valence-electron chi connectivity index (χ0n) is 15.2. The summed E-state index contributed by atoms with van der Waals surface area (Å²) in [6.07, 6.45) is 7.78. The predicted octanol–water partition coefficient (Wildman–Crippen LogP) is 3.99. The number of pyridine rings is 1. The fourth-order valence-corrected chi connectivity index (χ4v) is 3.88. The van der Waals surface area contributed by atoms with Crippen molar-refractivity contribution >= 4 is 17.7 Å². The first-order chi connectivity index (χ1) is 13.2. The van der Waals surface area contributed by atoms with Crippen LogP contribution in [0.3, 0.4) is 0 Å². The van der Waals surface area contributed by atoms with Gasteiger partial charge in [0.1, 0.15) is 5.82 Å². The molecule has 1 saturated carbocycles. The van der Waals surface area contributed by atoms with E-state index in [0.29, 0.717) is 11.5 Å². The summed E-state index contributed by atoms with van der Waals surface area (Å²) >= 11 is 1.69. The zero-order chi connectivity index (χ0) is 18.6. The van der Waals surface area contributed by atoms with E-state index in [0.717, 1.165) is 29.4 Å². The largest absolute Gasteiger partial charge is 0.342 e. The topological polar surface area (TPSA) is 59.8 Å². The quantitative estimate of drug-likeness (QED) is 0.632. The number of rotatable bonds is 7. The van der Waals surface area contributed by atoms with Gasteiger partial charge in [-0.3, -0.25) is 4.79 Å². The Morgan fingerprint density at radius 1 is 1.19 bits per heavy atom. The summed E-state index contributed by atoms with van der Waals surface area (Å²) in [6.45, 7) is 0. The van der Waals surface area contributed by atoms with Crippen LogP contribution in [0.2, 0.25) is 0 Å². The molecule has 4 rings (SSSR count). The van der Waals surface area contributed by atoms with Gasteiger partial charge in [-0.25, -0.2) is 9.97 Å². The highest BCUT2D eigenvalue weighted by Crippen LogP contribution is 2.40. The summed E-state index contributed by atoms with van der Waals surface area (Å²) in [5, 5.41) is 4.18. The van der Waals surface area contributed by atoms with Crippen LogP contribution in [0.25, 0.3) is 0 Å². The lowest BCUT2D eigenvalue weighted by molar-refractivity contribution is 0.0929. The first-order valence-electron chi connectivity index (χ1n) is 9.11. The fourth-order valence-electron chi connectivity index (χ4n) is 3.07. The van der Waals surface area contributed by atoms with Crippen LogP contribution in [-0.2, 0) is 12.8 Å². The van der Waals surface area contributed by atoms with Crippen molar-refractivity contribution in [3.8, 4) is 0 Å². The van der Waals surface area contributed by atoms with Gasteiger partial charge in [-0.2, -0.15) is 0 Å². The lowest BCUT2D eigenvalue weighted by Gasteiger charge is -2.18. The van der Waals surface area contributed by atoms with Gasteiger partial charge in [0.2, 0.25) is 0 Å². The molecule has 0 bridgehead atoms. The lowest BCUT2D eigenvalue weighted by atomic mass is 10.1. The van der Waals surface area contributed by atoms with Crippen molar-refractivity contribution in [2.75, 3.05) is 0 Å². The first-order valence-corrected chi connectivity index (χ1v) is 10.1. The SMILES string of the molecule is Cn1ccnc1[C@H](NC(=O)c1ccc(CSc2ccccn2)cc1)C1CC1. The Morgan fingerprint density at radius 3 is 2.63 bits per heavy atom. The van der Waals surface area contributed by atoms with Crippen LogP contribution in [-0.4, -0.2) is 20.4 Å². The summed E-state index contributed by atoms with van der Waals surface area (Å²) in [6, 6.07) is 13.7. The molecule has 1 aliphatic carbocycles. The second-order valence-electron chi connectivity index (χ2n) is 6.84. The van der Waals surface area contributed by atoms with Crippen LogP contribution in [0.5, 0.6) is 0 Å². The van der Waals surface area contributed by atoms with Crippen LogP contribution in [0, 0.1) is 5.92 Å². The third kappa shape index (κ3) is 4.39. The zero-order valence-corrected chi connectivity index (χ0v) is 16.0. The number of carbonyl (C=O) groups excluding carboxylic acids is 1. The number of benzene rings is 1. The van der Waals surface area contributed by atoms with Gasteiger partial charge < -0.3 is 9.88 Å². The van der Waals surface area contributed by atoms with Crippen LogP contribution < -0.4 is 5.32 Å². The molecular formula is C21H22N4OS. The number of hydrogen-bond donors (Lipinski definition) is 1. The second-order valence-corrected chi connectivity index (χ2v) is 7.83. The number of aromatic nitrogens is 3. The van der Waals surface area contributed by atoms with Crippen molar-refractivity contribution < 1.29 is 4.79 Å². The molecule has 27 heavy (non-hydrogen) atoms. The number of nitrogens with one attached hydrogen (secondary N) is 1. The van der Waals surface area contributed by atoms with Gasteiger partial charge in [0.05, 0.1) is 11.1 Å². The maximum atomic E-state index is 12.7. The van der Waals surface area contributed by atoms with E-state index in [9.17, 15) is 4.79 Å². The van der Waals surface area contributed by atoms with E-state index in [2.05, 4.69) is 15.3 Å². The predicted molar refractivity (Wildman–Crippen MR) is 106 cm³/mol. The van der Waals surface area contributed by atoms with Crippen molar-refractivity contribution in [1.82, 2.24) is 19.9 Å². The van der Waals surface area contributed by atoms with Crippen LogP contribution in [0.15, 0.2) is 66.1 Å². The third-order valence-corrected chi connectivity index (χ3v) is 5.77. The number of carbonyl (C=O) groups is 1. The van der Waals surface area contributed by atoms with Crippen LogP contribution in [0.1, 0.15) is 40.6 Å². The van der Waals surface area contributed by atoms with Crippen molar-refractivity contribution in [1.29, 1.82) is 0 Å². The molecule has 138 valence electrons. The summed E-state index contributed by atoms with van der Waals surface area (Å²) < 4.78 is 1.99. The van der Waals surface area contributed by atoms with Gasteiger partial charge in [0, 0.05) is 37.0 Å². The highest BCUT2D eigenvalue weighted by molar-refractivity contribution is 7.98. The standard InChI is InChI=1S/C21H22N4OS/c1-25-13-12-23-20(25)19(16-9-10-16)24-21(26)17-7-5-15(6-8-17)14-27-18-4-2-3-11-22-18/h2-8,11-13,16,19H,9-10,14H2,1H3,(H,24,26)/t19-/m1/s1. The van der Waals surface area contributed by atoms with E-state index >= 15 is 0 Å². The molecule has 2 aromatic heterocycles. The molecule has 1 N–H and O–H groups in total. The maximum absolute atomic E-state index is 12.7.